The summed E-state index contributed by atoms with van der Waals surface area (Å²) in [4.78, 5) is 10.7. The van der Waals surface area contributed by atoms with Crippen LogP contribution in [0.25, 0.3) is 0 Å². The fourth-order valence-electron chi connectivity index (χ4n) is 0.499. The molecule has 1 rings (SSSR count). The molecule has 52 valence electrons. The smallest absolute Gasteiger partial charge is 0.342 e. The second kappa shape index (κ2) is 1.97. The topological polar surface area (TPSA) is 74.3 Å². The number of rotatable bonds is 2. The van der Waals surface area contributed by atoms with Crippen molar-refractivity contribution in [1.29, 1.82) is 0 Å². The zero-order valence-electron chi connectivity index (χ0n) is 5.31. The molecule has 0 aromatic carbocycles. The Morgan fingerprint density at radius 3 is 2.89 bits per heavy atom. The molecule has 1 atom stereocenters. The van der Waals surface area contributed by atoms with Crippen LogP contribution in [0.15, 0.2) is 0 Å². The van der Waals surface area contributed by atoms with Crippen molar-refractivity contribution >= 4 is 5.97 Å². The van der Waals surface area contributed by atoms with E-state index in [2.05, 4.69) is 10.1 Å². The molecule has 1 aliphatic rings. The summed E-state index contributed by atoms with van der Waals surface area (Å²) < 4.78 is 4.64. The molecule has 0 aromatic heterocycles. The highest BCUT2D eigenvalue weighted by Crippen LogP contribution is 2.09. The number of nitrogens with two attached hydrogens (primary N) is 1. The molecule has 1 heterocycles. The third kappa shape index (κ3) is 1.20. The Kier molecular flexibility index (Phi) is 1.42. The number of hydrogen-bond donors (Lipinski definition) is 2. The molecule has 0 radical (unpaired) electrons. The zero-order chi connectivity index (χ0) is 6.91. The third-order valence-electron chi connectivity index (χ3n) is 1.20. The van der Waals surface area contributed by atoms with Crippen molar-refractivity contribution < 1.29 is 9.53 Å². The first-order chi connectivity index (χ1) is 4.19. The Hall–Kier alpha value is -0.610. The van der Waals surface area contributed by atoms with Crippen molar-refractivity contribution in [3.05, 3.63) is 0 Å². The summed E-state index contributed by atoms with van der Waals surface area (Å²) in [6.07, 6.45) is 0. The van der Waals surface area contributed by atoms with E-state index < -0.39 is 5.66 Å². The molecule has 1 saturated heterocycles. The highest BCUT2D eigenvalue weighted by molar-refractivity contribution is 5.83. The summed E-state index contributed by atoms with van der Waals surface area (Å²) in [6.45, 7) is 2.68. The minimum Gasteiger partial charge on any atom is -0.464 e. The van der Waals surface area contributed by atoms with E-state index in [0.717, 1.165) is 0 Å². The van der Waals surface area contributed by atoms with Crippen LogP contribution in [0.4, 0.5) is 0 Å². The number of nitrogens with one attached hydrogen (secondary N) is 1. The molecule has 1 fully saturated rings. The van der Waals surface area contributed by atoms with Crippen molar-refractivity contribution in [2.45, 2.75) is 12.6 Å². The lowest BCUT2D eigenvalue weighted by molar-refractivity contribution is -0.145. The van der Waals surface area contributed by atoms with Crippen LogP contribution in [0.3, 0.4) is 0 Å². The zero-order valence-corrected chi connectivity index (χ0v) is 5.31. The quantitative estimate of drug-likeness (QED) is 0.364. The average molecular weight is 130 g/mol. The normalized spacial score (nSPS) is 31.8. The first-order valence-electron chi connectivity index (χ1n) is 2.90. The first kappa shape index (κ1) is 6.51. The maximum Gasteiger partial charge on any atom is 0.342 e. The van der Waals surface area contributed by atoms with Gasteiger partial charge in [-0.1, -0.05) is 0 Å². The summed E-state index contributed by atoms with van der Waals surface area (Å²) in [7, 11) is 0. The van der Waals surface area contributed by atoms with E-state index in [1.165, 1.54) is 0 Å². The summed E-state index contributed by atoms with van der Waals surface area (Å²) in [6, 6.07) is 0. The number of hydrogen-bond acceptors (Lipinski definition) is 4. The maximum absolute atomic E-state index is 10.7. The van der Waals surface area contributed by atoms with Crippen LogP contribution < -0.4 is 11.1 Å². The Labute approximate surface area is 53.4 Å². The van der Waals surface area contributed by atoms with Gasteiger partial charge in [0.15, 0.2) is 5.66 Å². The van der Waals surface area contributed by atoms with Crippen molar-refractivity contribution in [3.63, 3.8) is 0 Å². The largest absolute Gasteiger partial charge is 0.464 e. The van der Waals surface area contributed by atoms with Gasteiger partial charge >= 0.3 is 5.97 Å². The molecule has 9 heavy (non-hydrogen) atoms. The van der Waals surface area contributed by atoms with Crippen LogP contribution in [0.5, 0.6) is 0 Å². The van der Waals surface area contributed by atoms with E-state index in [9.17, 15) is 4.79 Å². The van der Waals surface area contributed by atoms with Crippen LogP contribution in [0.1, 0.15) is 6.92 Å². The Balaban J connectivity index is 2.34. The van der Waals surface area contributed by atoms with Gasteiger partial charge in [0.1, 0.15) is 0 Å². The van der Waals surface area contributed by atoms with Crippen molar-refractivity contribution in [1.82, 2.24) is 5.32 Å². The van der Waals surface area contributed by atoms with Crippen LogP contribution in [0, 0.1) is 0 Å². The van der Waals surface area contributed by atoms with E-state index in [1.54, 1.807) is 6.92 Å². The van der Waals surface area contributed by atoms with Crippen molar-refractivity contribution in [2.24, 2.45) is 5.73 Å². The molecular weight excluding hydrogens is 120 g/mol. The number of ether oxygens (including phenoxy) is 1. The van der Waals surface area contributed by atoms with Gasteiger partial charge in [-0.05, 0) is 6.92 Å². The summed E-state index contributed by atoms with van der Waals surface area (Å²) in [5.41, 5.74) is 4.54. The van der Waals surface area contributed by atoms with Crippen molar-refractivity contribution in [3.8, 4) is 0 Å². The Bertz CT molecular complexity index is 131. The SMILES string of the molecule is CCOC(=O)C1(N)CN1. The lowest BCUT2D eigenvalue weighted by atomic mass is 10.4. The van der Waals surface area contributed by atoms with Crippen LogP contribution in [-0.2, 0) is 9.53 Å². The third-order valence-corrected chi connectivity index (χ3v) is 1.20. The van der Waals surface area contributed by atoms with Gasteiger partial charge in [-0.2, -0.15) is 0 Å². The van der Waals surface area contributed by atoms with Gasteiger partial charge in [0.25, 0.3) is 0 Å². The van der Waals surface area contributed by atoms with Crippen LogP contribution in [0.2, 0.25) is 0 Å². The molecule has 0 aromatic rings. The molecule has 1 aliphatic heterocycles. The van der Waals surface area contributed by atoms with E-state index >= 15 is 0 Å². The standard InChI is InChI=1S/C5H10N2O2/c1-2-9-4(8)5(6)3-7-5/h7H,2-3,6H2,1H3. The Morgan fingerprint density at radius 2 is 2.56 bits per heavy atom. The lowest BCUT2D eigenvalue weighted by Crippen LogP contribution is -2.39. The minimum absolute atomic E-state index is 0.356. The molecule has 0 saturated carbocycles. The second-order valence-corrected chi connectivity index (χ2v) is 2.05. The number of carbonyl (C=O) groups excluding carboxylic acids is 1. The van der Waals surface area contributed by atoms with Gasteiger partial charge in [0.05, 0.1) is 6.61 Å². The van der Waals surface area contributed by atoms with Gasteiger partial charge in [0, 0.05) is 6.54 Å². The molecule has 1 unspecified atom stereocenters. The fourth-order valence-corrected chi connectivity index (χ4v) is 0.499. The second-order valence-electron chi connectivity index (χ2n) is 2.05. The fraction of sp³-hybridized carbons (Fsp3) is 0.800. The number of carbonyl (C=O) groups is 1. The predicted molar refractivity (Wildman–Crippen MR) is 31.6 cm³/mol. The van der Waals surface area contributed by atoms with Gasteiger partial charge in [-0.15, -0.1) is 0 Å². The molecule has 0 aliphatic carbocycles. The highest BCUT2D eigenvalue weighted by atomic mass is 16.5. The molecule has 4 heteroatoms. The van der Waals surface area contributed by atoms with Crippen LogP contribution in [-0.4, -0.2) is 24.8 Å². The summed E-state index contributed by atoms with van der Waals surface area (Å²) in [5.74, 6) is -0.356. The predicted octanol–water partition coefficient (Wildman–Crippen LogP) is -1.19. The van der Waals surface area contributed by atoms with Gasteiger partial charge in [0.2, 0.25) is 0 Å². The molecular formula is C5H10N2O2. The van der Waals surface area contributed by atoms with Crippen molar-refractivity contribution in [2.75, 3.05) is 13.2 Å². The van der Waals surface area contributed by atoms with E-state index in [1.807, 2.05) is 0 Å². The lowest BCUT2D eigenvalue weighted by Gasteiger charge is -2.04. The van der Waals surface area contributed by atoms with Gasteiger partial charge in [-0.3, -0.25) is 5.32 Å². The first-order valence-corrected chi connectivity index (χ1v) is 2.90. The minimum atomic E-state index is -0.851. The molecule has 0 spiro atoms. The maximum atomic E-state index is 10.7. The molecule has 4 nitrogen and oxygen atoms in total. The van der Waals surface area contributed by atoms with Crippen LogP contribution >= 0.6 is 0 Å². The molecule has 0 amide bonds. The van der Waals surface area contributed by atoms with E-state index in [-0.39, 0.29) is 5.97 Å². The summed E-state index contributed by atoms with van der Waals surface area (Å²) >= 11 is 0. The van der Waals surface area contributed by atoms with E-state index in [0.29, 0.717) is 13.2 Å². The van der Waals surface area contributed by atoms with Gasteiger partial charge < -0.3 is 10.5 Å². The highest BCUT2D eigenvalue weighted by Gasteiger charge is 2.47. The molecule has 0 bridgehead atoms. The van der Waals surface area contributed by atoms with E-state index in [4.69, 9.17) is 5.73 Å². The summed E-state index contributed by atoms with van der Waals surface area (Å²) in [5, 5.41) is 2.70. The monoisotopic (exact) mass is 130 g/mol. The molecule has 3 N–H and O–H groups in total. The number of esters is 1. The average Bonchev–Trinajstić information content (AvgIpc) is 2.50. The van der Waals surface area contributed by atoms with Gasteiger partial charge in [-0.25, -0.2) is 4.79 Å². The Morgan fingerprint density at radius 1 is 2.00 bits per heavy atom.